The van der Waals surface area contributed by atoms with E-state index in [1.807, 2.05) is 13.0 Å². The maximum absolute atomic E-state index is 12.1. The Morgan fingerprint density at radius 3 is 2.67 bits per heavy atom. The topological polar surface area (TPSA) is 72.2 Å². The molecule has 2 aromatic carbocycles. The Hall–Kier alpha value is -2.21. The van der Waals surface area contributed by atoms with Crippen molar-refractivity contribution in [1.29, 1.82) is 0 Å². The molecule has 0 fully saturated rings. The van der Waals surface area contributed by atoms with Gasteiger partial charge in [0.2, 0.25) is 0 Å². The first-order chi connectivity index (χ1) is 9.99. The molecule has 0 aliphatic rings. The highest BCUT2D eigenvalue weighted by atomic mass is 79.9. The summed E-state index contributed by atoms with van der Waals surface area (Å²) in [6.45, 7) is 1.95. The van der Waals surface area contributed by atoms with E-state index in [9.17, 15) is 14.9 Å². The summed E-state index contributed by atoms with van der Waals surface area (Å²) in [5.41, 5.74) is 1.87. The van der Waals surface area contributed by atoms with E-state index in [1.165, 1.54) is 6.07 Å². The summed E-state index contributed by atoms with van der Waals surface area (Å²) in [5.74, 6) is -0.252. The number of para-hydroxylation sites is 1. The molecular formula is C15H13BrN2O3. The fraction of sp³-hybridized carbons (Fsp3) is 0.133. The molecular weight excluding hydrogens is 336 g/mol. The summed E-state index contributed by atoms with van der Waals surface area (Å²) >= 11 is 3.34. The van der Waals surface area contributed by atoms with Crippen molar-refractivity contribution >= 4 is 27.5 Å². The molecule has 0 aliphatic heterocycles. The van der Waals surface area contributed by atoms with Crippen molar-refractivity contribution < 1.29 is 9.72 Å². The van der Waals surface area contributed by atoms with Crippen LogP contribution in [0.1, 0.15) is 21.5 Å². The van der Waals surface area contributed by atoms with Crippen molar-refractivity contribution in [2.75, 3.05) is 0 Å². The van der Waals surface area contributed by atoms with Crippen LogP contribution in [-0.2, 0) is 6.54 Å². The molecule has 0 aromatic heterocycles. The van der Waals surface area contributed by atoms with Gasteiger partial charge in [0.15, 0.2) is 0 Å². The molecule has 0 spiro atoms. The Morgan fingerprint density at radius 1 is 1.29 bits per heavy atom. The predicted octanol–water partition coefficient (Wildman–Crippen LogP) is 3.60. The Morgan fingerprint density at radius 2 is 2.00 bits per heavy atom. The third-order valence-electron chi connectivity index (χ3n) is 3.06. The van der Waals surface area contributed by atoms with Crippen LogP contribution >= 0.6 is 15.9 Å². The van der Waals surface area contributed by atoms with E-state index < -0.39 is 4.92 Å². The van der Waals surface area contributed by atoms with Crippen LogP contribution in [0, 0.1) is 17.0 Å². The molecule has 1 amide bonds. The van der Waals surface area contributed by atoms with Gasteiger partial charge in [0.1, 0.15) is 0 Å². The number of carbonyl (C=O) groups excluding carboxylic acids is 1. The summed E-state index contributed by atoms with van der Waals surface area (Å²) in [5, 5.41) is 13.6. The summed E-state index contributed by atoms with van der Waals surface area (Å²) in [4.78, 5) is 22.6. The number of amides is 1. The number of nitrogens with zero attached hydrogens (tertiary/aromatic N) is 1. The summed E-state index contributed by atoms with van der Waals surface area (Å²) < 4.78 is 0.898. The number of hydrogen-bond donors (Lipinski definition) is 1. The second-order valence-corrected chi connectivity index (χ2v) is 5.44. The lowest BCUT2D eigenvalue weighted by Gasteiger charge is -2.08. The van der Waals surface area contributed by atoms with Gasteiger partial charge in [0.05, 0.1) is 4.92 Å². The number of carbonyl (C=O) groups is 1. The number of nitro benzene ring substituents is 1. The van der Waals surface area contributed by atoms with Crippen LogP contribution in [0.2, 0.25) is 0 Å². The van der Waals surface area contributed by atoms with Gasteiger partial charge in [-0.05, 0) is 30.7 Å². The lowest BCUT2D eigenvalue weighted by Crippen LogP contribution is -2.24. The molecule has 1 N–H and O–H groups in total. The van der Waals surface area contributed by atoms with Crippen LogP contribution in [0.15, 0.2) is 46.9 Å². The average Bonchev–Trinajstić information content (AvgIpc) is 2.45. The van der Waals surface area contributed by atoms with Crippen LogP contribution in [-0.4, -0.2) is 10.8 Å². The molecule has 21 heavy (non-hydrogen) atoms. The van der Waals surface area contributed by atoms with Gasteiger partial charge in [-0.3, -0.25) is 14.9 Å². The monoisotopic (exact) mass is 348 g/mol. The molecule has 0 saturated heterocycles. The van der Waals surface area contributed by atoms with Gasteiger partial charge in [0.25, 0.3) is 11.6 Å². The SMILES string of the molecule is Cc1cc(Br)ccc1C(=O)NCc1ccccc1[N+](=O)[O-]. The maximum Gasteiger partial charge on any atom is 0.274 e. The van der Waals surface area contributed by atoms with E-state index in [1.54, 1.807) is 30.3 Å². The minimum Gasteiger partial charge on any atom is -0.348 e. The highest BCUT2D eigenvalue weighted by Crippen LogP contribution is 2.18. The van der Waals surface area contributed by atoms with Crippen molar-refractivity contribution in [3.63, 3.8) is 0 Å². The molecule has 5 nitrogen and oxygen atoms in total. The fourth-order valence-electron chi connectivity index (χ4n) is 1.99. The lowest BCUT2D eigenvalue weighted by atomic mass is 10.1. The van der Waals surface area contributed by atoms with Crippen molar-refractivity contribution in [2.45, 2.75) is 13.5 Å². The largest absolute Gasteiger partial charge is 0.348 e. The molecule has 2 aromatic rings. The van der Waals surface area contributed by atoms with Gasteiger partial charge in [-0.1, -0.05) is 34.1 Å². The molecule has 0 bridgehead atoms. The van der Waals surface area contributed by atoms with Crippen molar-refractivity contribution in [2.24, 2.45) is 0 Å². The van der Waals surface area contributed by atoms with Crippen molar-refractivity contribution in [3.05, 3.63) is 73.7 Å². The minimum absolute atomic E-state index is 0.00493. The molecule has 0 aliphatic carbocycles. The number of nitro groups is 1. The highest BCUT2D eigenvalue weighted by molar-refractivity contribution is 9.10. The second kappa shape index (κ2) is 6.49. The summed E-state index contributed by atoms with van der Waals surface area (Å²) in [7, 11) is 0. The zero-order valence-corrected chi connectivity index (χ0v) is 12.9. The number of halogens is 1. The number of hydrogen-bond acceptors (Lipinski definition) is 3. The van der Waals surface area contributed by atoms with E-state index in [-0.39, 0.29) is 18.1 Å². The van der Waals surface area contributed by atoms with E-state index in [0.717, 1.165) is 10.0 Å². The van der Waals surface area contributed by atoms with Crippen LogP contribution in [0.3, 0.4) is 0 Å². The molecule has 2 rings (SSSR count). The number of rotatable bonds is 4. The highest BCUT2D eigenvalue weighted by Gasteiger charge is 2.14. The van der Waals surface area contributed by atoms with E-state index in [0.29, 0.717) is 11.1 Å². The molecule has 0 heterocycles. The second-order valence-electron chi connectivity index (χ2n) is 4.53. The smallest absolute Gasteiger partial charge is 0.274 e. The standard InChI is InChI=1S/C15H13BrN2O3/c1-10-8-12(16)6-7-13(10)15(19)17-9-11-4-2-3-5-14(11)18(20)21/h2-8H,9H2,1H3,(H,17,19). The third kappa shape index (κ3) is 3.66. The molecule has 0 atom stereocenters. The number of benzene rings is 2. The van der Waals surface area contributed by atoms with E-state index in [2.05, 4.69) is 21.2 Å². The zero-order valence-electron chi connectivity index (χ0n) is 11.3. The van der Waals surface area contributed by atoms with E-state index >= 15 is 0 Å². The van der Waals surface area contributed by atoms with Crippen LogP contribution in [0.25, 0.3) is 0 Å². The van der Waals surface area contributed by atoms with Gasteiger partial charge in [-0.2, -0.15) is 0 Å². The summed E-state index contributed by atoms with van der Waals surface area (Å²) in [6, 6.07) is 11.7. The Balaban J connectivity index is 2.13. The molecule has 6 heteroatoms. The Kier molecular flexibility index (Phi) is 4.70. The van der Waals surface area contributed by atoms with Gasteiger partial charge in [-0.25, -0.2) is 0 Å². The zero-order chi connectivity index (χ0) is 15.4. The van der Waals surface area contributed by atoms with Crippen LogP contribution in [0.5, 0.6) is 0 Å². The van der Waals surface area contributed by atoms with Crippen molar-refractivity contribution in [1.82, 2.24) is 5.32 Å². The van der Waals surface area contributed by atoms with Crippen LogP contribution in [0.4, 0.5) is 5.69 Å². The fourth-order valence-corrected chi connectivity index (χ4v) is 2.47. The van der Waals surface area contributed by atoms with Crippen LogP contribution < -0.4 is 5.32 Å². The quantitative estimate of drug-likeness (QED) is 0.677. The van der Waals surface area contributed by atoms with Gasteiger partial charge in [0, 0.05) is 28.2 Å². The normalized spacial score (nSPS) is 10.2. The molecule has 0 radical (unpaired) electrons. The molecule has 0 unspecified atom stereocenters. The van der Waals surface area contributed by atoms with Gasteiger partial charge >= 0.3 is 0 Å². The van der Waals surface area contributed by atoms with Gasteiger partial charge < -0.3 is 5.32 Å². The van der Waals surface area contributed by atoms with E-state index in [4.69, 9.17) is 0 Å². The first kappa shape index (κ1) is 15.2. The first-order valence-corrected chi connectivity index (χ1v) is 7.05. The molecule has 108 valence electrons. The van der Waals surface area contributed by atoms with Gasteiger partial charge in [-0.15, -0.1) is 0 Å². The first-order valence-electron chi connectivity index (χ1n) is 6.25. The predicted molar refractivity (Wildman–Crippen MR) is 83.1 cm³/mol. The molecule has 0 saturated carbocycles. The number of nitrogens with one attached hydrogen (secondary N) is 1. The Labute approximate surface area is 130 Å². The Bertz CT molecular complexity index is 701. The third-order valence-corrected chi connectivity index (χ3v) is 3.55. The van der Waals surface area contributed by atoms with Crippen molar-refractivity contribution in [3.8, 4) is 0 Å². The average molecular weight is 349 g/mol. The number of aryl methyl sites for hydroxylation is 1. The minimum atomic E-state index is -0.452. The lowest BCUT2D eigenvalue weighted by molar-refractivity contribution is -0.385. The maximum atomic E-state index is 12.1. The summed E-state index contributed by atoms with van der Waals surface area (Å²) in [6.07, 6.45) is 0.